The van der Waals surface area contributed by atoms with Gasteiger partial charge in [0.1, 0.15) is 0 Å². The molecule has 1 aromatic heterocycles. The molecule has 0 saturated carbocycles. The van der Waals surface area contributed by atoms with Gasteiger partial charge in [0.05, 0.1) is 22.7 Å². The van der Waals surface area contributed by atoms with Gasteiger partial charge in [-0.1, -0.05) is 6.08 Å². The first kappa shape index (κ1) is 14.4. The third-order valence-corrected chi connectivity index (χ3v) is 5.57. The maximum Gasteiger partial charge on any atom is 0.184 e. The van der Waals surface area contributed by atoms with Crippen LogP contribution < -0.4 is 0 Å². The number of aromatic nitrogens is 1. The Morgan fingerprint density at radius 3 is 2.82 bits per heavy atom. The Balaban J connectivity index is 1.62. The molecule has 22 heavy (non-hydrogen) atoms. The van der Waals surface area contributed by atoms with Crippen LogP contribution >= 0.6 is 27.5 Å². The molecule has 0 unspecified atom stereocenters. The fraction of sp³-hybridized carbons (Fsp3) is 0.375. The molecule has 0 aromatic carbocycles. The van der Waals surface area contributed by atoms with E-state index in [0.717, 1.165) is 71.0 Å². The van der Waals surface area contributed by atoms with Crippen LogP contribution in [-0.2, 0) is 9.53 Å². The zero-order valence-corrected chi connectivity index (χ0v) is 14.4. The van der Waals surface area contributed by atoms with Crippen molar-refractivity contribution < 1.29 is 9.53 Å². The van der Waals surface area contributed by atoms with E-state index < -0.39 is 0 Å². The summed E-state index contributed by atoms with van der Waals surface area (Å²) in [6.45, 7) is 3.20. The van der Waals surface area contributed by atoms with Crippen molar-refractivity contribution in [2.24, 2.45) is 0 Å². The monoisotopic (exact) mass is 378 g/mol. The molecule has 0 amide bonds. The van der Waals surface area contributed by atoms with Crippen LogP contribution in [0, 0.1) is 0 Å². The van der Waals surface area contributed by atoms with Crippen molar-refractivity contribution in [3.8, 4) is 0 Å². The lowest BCUT2D eigenvalue weighted by atomic mass is 9.91. The van der Waals surface area contributed by atoms with E-state index >= 15 is 0 Å². The Bertz CT molecular complexity index is 726. The molecule has 1 saturated heterocycles. The highest BCUT2D eigenvalue weighted by Crippen LogP contribution is 2.41. The van der Waals surface area contributed by atoms with Crippen LogP contribution in [0.3, 0.4) is 0 Å². The molecule has 0 spiro atoms. The average molecular weight is 379 g/mol. The first-order valence-corrected chi connectivity index (χ1v) is 8.92. The van der Waals surface area contributed by atoms with Gasteiger partial charge in [-0.05, 0) is 45.5 Å². The van der Waals surface area contributed by atoms with Gasteiger partial charge in [-0.3, -0.25) is 4.79 Å². The van der Waals surface area contributed by atoms with Crippen LogP contribution in [0.4, 0.5) is 0 Å². The molecule has 2 aliphatic carbocycles. The molecule has 4 nitrogen and oxygen atoms in total. The third kappa shape index (κ3) is 2.49. The van der Waals surface area contributed by atoms with E-state index in [1.54, 1.807) is 0 Å². The minimum absolute atomic E-state index is 0.156. The molecule has 2 heterocycles. The fourth-order valence-electron chi connectivity index (χ4n) is 3.23. The van der Waals surface area contributed by atoms with Crippen LogP contribution in [-0.4, -0.2) is 41.4 Å². The number of halogens is 1. The third-order valence-electron chi connectivity index (χ3n) is 4.33. The minimum atomic E-state index is 0.156. The SMILES string of the molecule is O=C1C=C(N2CCOCC2)CC2=C1CC=C2c1cc(Br)sn1. The summed E-state index contributed by atoms with van der Waals surface area (Å²) in [5.41, 5.74) is 5.32. The first-order valence-electron chi connectivity index (χ1n) is 7.35. The van der Waals surface area contributed by atoms with Crippen molar-refractivity contribution in [3.05, 3.63) is 44.5 Å². The molecule has 0 N–H and O–H groups in total. The maximum atomic E-state index is 12.5. The van der Waals surface area contributed by atoms with Gasteiger partial charge in [0.15, 0.2) is 5.78 Å². The molecule has 3 aliphatic rings. The molecule has 6 heteroatoms. The fourth-order valence-corrected chi connectivity index (χ4v) is 4.16. The van der Waals surface area contributed by atoms with E-state index in [9.17, 15) is 4.79 Å². The van der Waals surface area contributed by atoms with Crippen LogP contribution in [0.15, 0.2) is 38.8 Å². The summed E-state index contributed by atoms with van der Waals surface area (Å²) in [7, 11) is 0. The highest BCUT2D eigenvalue weighted by molar-refractivity contribution is 9.11. The molecule has 1 aliphatic heterocycles. The van der Waals surface area contributed by atoms with Gasteiger partial charge in [-0.25, -0.2) is 0 Å². The average Bonchev–Trinajstić information content (AvgIpc) is 3.14. The van der Waals surface area contributed by atoms with Crippen molar-refractivity contribution in [1.82, 2.24) is 9.27 Å². The zero-order valence-electron chi connectivity index (χ0n) is 12.0. The van der Waals surface area contributed by atoms with Gasteiger partial charge < -0.3 is 9.64 Å². The number of carbonyl (C=O) groups excluding carboxylic acids is 1. The number of allylic oxidation sites excluding steroid dienone is 5. The molecule has 114 valence electrons. The first-order chi connectivity index (χ1) is 10.7. The van der Waals surface area contributed by atoms with Crippen molar-refractivity contribution >= 4 is 38.8 Å². The van der Waals surface area contributed by atoms with Crippen molar-refractivity contribution in [2.45, 2.75) is 12.8 Å². The summed E-state index contributed by atoms with van der Waals surface area (Å²) in [6, 6.07) is 2.03. The quantitative estimate of drug-likeness (QED) is 0.792. The molecule has 0 radical (unpaired) electrons. The van der Waals surface area contributed by atoms with Crippen molar-refractivity contribution in [2.75, 3.05) is 26.3 Å². The summed E-state index contributed by atoms with van der Waals surface area (Å²) in [5.74, 6) is 0.156. The maximum absolute atomic E-state index is 12.5. The summed E-state index contributed by atoms with van der Waals surface area (Å²) in [6.07, 6.45) is 5.51. The summed E-state index contributed by atoms with van der Waals surface area (Å²) in [4.78, 5) is 14.7. The molecule has 1 aromatic rings. The molecular formula is C16H15BrN2O2S. The zero-order chi connectivity index (χ0) is 15.1. The molecule has 1 fully saturated rings. The van der Waals surface area contributed by atoms with E-state index in [0.29, 0.717) is 0 Å². The van der Waals surface area contributed by atoms with Gasteiger partial charge in [0.25, 0.3) is 0 Å². The lowest BCUT2D eigenvalue weighted by Gasteiger charge is -2.33. The van der Waals surface area contributed by atoms with Crippen LogP contribution in [0.25, 0.3) is 5.57 Å². The molecule has 0 bridgehead atoms. The van der Waals surface area contributed by atoms with E-state index in [4.69, 9.17) is 4.74 Å². The normalized spacial score (nSPS) is 21.9. The Hall–Kier alpha value is -1.24. The number of hydrogen-bond donors (Lipinski definition) is 0. The van der Waals surface area contributed by atoms with Crippen molar-refractivity contribution in [3.63, 3.8) is 0 Å². The summed E-state index contributed by atoms with van der Waals surface area (Å²) < 4.78 is 10.9. The van der Waals surface area contributed by atoms with Crippen LogP contribution in [0.2, 0.25) is 0 Å². The lowest BCUT2D eigenvalue weighted by Crippen LogP contribution is -2.36. The second-order valence-electron chi connectivity index (χ2n) is 5.57. The standard InChI is InChI=1S/C16H15BrN2O2S/c17-16-9-14(18-22-16)11-1-2-12-13(11)7-10(8-15(12)20)19-3-5-21-6-4-19/h1,8-9H,2-7H2. The van der Waals surface area contributed by atoms with Crippen LogP contribution in [0.1, 0.15) is 18.5 Å². The van der Waals surface area contributed by atoms with Gasteiger partial charge in [-0.15, -0.1) is 0 Å². The predicted octanol–water partition coefficient (Wildman–Crippen LogP) is 3.18. The second kappa shape index (κ2) is 5.76. The molecule has 0 atom stereocenters. The minimum Gasteiger partial charge on any atom is -0.378 e. The Morgan fingerprint density at radius 2 is 2.09 bits per heavy atom. The highest BCUT2D eigenvalue weighted by atomic mass is 79.9. The predicted molar refractivity (Wildman–Crippen MR) is 89.5 cm³/mol. The number of ether oxygens (including phenoxy) is 1. The van der Waals surface area contributed by atoms with Crippen molar-refractivity contribution in [1.29, 1.82) is 0 Å². The molecular weight excluding hydrogens is 364 g/mol. The summed E-state index contributed by atoms with van der Waals surface area (Å²) in [5, 5.41) is 0. The van der Waals surface area contributed by atoms with E-state index in [2.05, 4.69) is 31.3 Å². The largest absolute Gasteiger partial charge is 0.378 e. The van der Waals surface area contributed by atoms with Gasteiger partial charge in [0, 0.05) is 42.4 Å². The van der Waals surface area contributed by atoms with E-state index in [-0.39, 0.29) is 5.78 Å². The van der Waals surface area contributed by atoms with E-state index in [1.807, 2.05) is 12.1 Å². The number of nitrogens with zero attached hydrogens (tertiary/aromatic N) is 2. The Kier molecular flexibility index (Phi) is 3.76. The number of rotatable bonds is 2. The Morgan fingerprint density at radius 1 is 1.27 bits per heavy atom. The van der Waals surface area contributed by atoms with Gasteiger partial charge >= 0.3 is 0 Å². The second-order valence-corrected chi connectivity index (χ2v) is 7.76. The summed E-state index contributed by atoms with van der Waals surface area (Å²) >= 11 is 4.90. The highest BCUT2D eigenvalue weighted by Gasteiger charge is 2.30. The van der Waals surface area contributed by atoms with Gasteiger partial charge in [-0.2, -0.15) is 4.37 Å². The Labute approximate surface area is 141 Å². The molecule has 4 rings (SSSR count). The van der Waals surface area contributed by atoms with Crippen LogP contribution in [0.5, 0.6) is 0 Å². The van der Waals surface area contributed by atoms with E-state index in [1.165, 1.54) is 11.5 Å². The number of ketones is 1. The topological polar surface area (TPSA) is 42.4 Å². The number of morpholine rings is 1. The lowest BCUT2D eigenvalue weighted by molar-refractivity contribution is -0.111. The van der Waals surface area contributed by atoms with Gasteiger partial charge in [0.2, 0.25) is 0 Å². The number of carbonyl (C=O) groups is 1. The number of hydrogen-bond acceptors (Lipinski definition) is 5. The smallest absolute Gasteiger partial charge is 0.184 e.